The molecule has 0 aromatic rings. The smallest absolute Gasteiger partial charge is 0.264 e. The van der Waals surface area contributed by atoms with Gasteiger partial charge in [0.05, 0.1) is 13.2 Å². The second-order valence-electron chi connectivity index (χ2n) is 2.91. The van der Waals surface area contributed by atoms with E-state index in [4.69, 9.17) is 9.11 Å². The predicted octanol–water partition coefficient (Wildman–Crippen LogP) is 0.186. The van der Waals surface area contributed by atoms with Gasteiger partial charge in [-0.3, -0.25) is 9.11 Å². The van der Waals surface area contributed by atoms with E-state index < -0.39 is 20.8 Å². The first-order valence-electron chi connectivity index (χ1n) is 4.44. The molecule has 0 saturated carbocycles. The van der Waals surface area contributed by atoms with Crippen LogP contribution < -0.4 is 0 Å². The molecule has 0 aliphatic carbocycles. The molecule has 0 heterocycles. The molecule has 0 aliphatic rings. The fourth-order valence-electron chi connectivity index (χ4n) is 0.886. The summed E-state index contributed by atoms with van der Waals surface area (Å²) >= 11 is 0. The van der Waals surface area contributed by atoms with Gasteiger partial charge in [-0.15, -0.1) is 0 Å². The minimum Gasteiger partial charge on any atom is -0.264 e. The topological polar surface area (TPSA) is 127 Å². The van der Waals surface area contributed by atoms with Gasteiger partial charge in [0, 0.05) is 0 Å². The van der Waals surface area contributed by atoms with E-state index in [1.54, 1.807) is 0 Å². The Morgan fingerprint density at radius 1 is 0.688 bits per heavy atom. The Morgan fingerprint density at radius 2 is 1.00 bits per heavy atom. The highest BCUT2D eigenvalue weighted by molar-refractivity contribution is 7.81. The van der Waals surface area contributed by atoms with Gasteiger partial charge in [-0.05, 0) is 12.8 Å². The van der Waals surface area contributed by atoms with E-state index >= 15 is 0 Å². The second-order valence-corrected chi connectivity index (χ2v) is 5.10. The highest BCUT2D eigenvalue weighted by Gasteiger charge is 2.04. The molecule has 8 nitrogen and oxygen atoms in total. The molecule has 0 saturated heterocycles. The Bertz CT molecular complexity index is 331. The van der Waals surface area contributed by atoms with Crippen LogP contribution in [0.15, 0.2) is 0 Å². The molecule has 0 unspecified atom stereocenters. The average molecular weight is 278 g/mol. The van der Waals surface area contributed by atoms with Crippen molar-refractivity contribution in [2.45, 2.75) is 25.7 Å². The van der Waals surface area contributed by atoms with Crippen molar-refractivity contribution >= 4 is 20.8 Å². The third kappa shape index (κ3) is 13.7. The van der Waals surface area contributed by atoms with Crippen LogP contribution in [0.3, 0.4) is 0 Å². The number of hydrogen-bond acceptors (Lipinski definition) is 6. The van der Waals surface area contributed by atoms with Crippen LogP contribution >= 0.6 is 0 Å². The lowest BCUT2D eigenvalue weighted by Gasteiger charge is -2.01. The summed E-state index contributed by atoms with van der Waals surface area (Å²) in [6.07, 6.45) is 1.99. The average Bonchev–Trinajstić information content (AvgIpc) is 2.06. The van der Waals surface area contributed by atoms with Gasteiger partial charge < -0.3 is 0 Å². The Kier molecular flexibility index (Phi) is 7.03. The van der Waals surface area contributed by atoms with Gasteiger partial charge in [0.15, 0.2) is 0 Å². The van der Waals surface area contributed by atoms with Crippen LogP contribution in [0.4, 0.5) is 0 Å². The van der Waals surface area contributed by atoms with Gasteiger partial charge in [0.1, 0.15) is 0 Å². The molecule has 0 rings (SSSR count). The van der Waals surface area contributed by atoms with Crippen molar-refractivity contribution in [1.29, 1.82) is 0 Å². The van der Waals surface area contributed by atoms with Crippen molar-refractivity contribution < 1.29 is 34.3 Å². The summed E-state index contributed by atoms with van der Waals surface area (Å²) in [5, 5.41) is 0. The second kappa shape index (κ2) is 7.14. The minimum absolute atomic E-state index is 0.127. The maximum absolute atomic E-state index is 10.1. The zero-order chi connectivity index (χ0) is 12.7. The molecule has 16 heavy (non-hydrogen) atoms. The van der Waals surface area contributed by atoms with Gasteiger partial charge in [-0.25, -0.2) is 8.37 Å². The summed E-state index contributed by atoms with van der Waals surface area (Å²) in [5.41, 5.74) is 0. The first kappa shape index (κ1) is 15.7. The molecule has 0 aromatic carbocycles. The number of unbranched alkanes of at least 4 members (excludes halogenated alkanes) is 3. The molecule has 98 valence electrons. The molecule has 0 bridgehead atoms. The number of rotatable bonds is 9. The molecule has 0 radical (unpaired) electrons. The molecule has 10 heteroatoms. The van der Waals surface area contributed by atoms with Gasteiger partial charge in [-0.1, -0.05) is 12.8 Å². The predicted molar refractivity (Wildman–Crippen MR) is 53.5 cm³/mol. The molecule has 0 aliphatic heterocycles. The summed E-state index contributed by atoms with van der Waals surface area (Å²) < 4.78 is 64.9. The molecule has 0 spiro atoms. The van der Waals surface area contributed by atoms with Gasteiger partial charge in [0.25, 0.3) is 0 Å². The highest BCUT2D eigenvalue weighted by Crippen LogP contribution is 2.02. The van der Waals surface area contributed by atoms with E-state index in [0.29, 0.717) is 25.7 Å². The SMILES string of the molecule is O=S(=O)(O)OCCCCCCOS(=O)(=O)O. The van der Waals surface area contributed by atoms with Crippen molar-refractivity contribution in [3.63, 3.8) is 0 Å². The molecule has 0 amide bonds. The third-order valence-corrected chi connectivity index (χ3v) is 2.43. The van der Waals surface area contributed by atoms with Crippen LogP contribution in [0.1, 0.15) is 25.7 Å². The van der Waals surface area contributed by atoms with Crippen molar-refractivity contribution in [1.82, 2.24) is 0 Å². The molecule has 0 fully saturated rings. The normalized spacial score (nSPS) is 12.9. The zero-order valence-electron chi connectivity index (χ0n) is 8.40. The fraction of sp³-hybridized carbons (Fsp3) is 1.00. The van der Waals surface area contributed by atoms with Crippen molar-refractivity contribution in [3.8, 4) is 0 Å². The van der Waals surface area contributed by atoms with Gasteiger partial charge >= 0.3 is 20.8 Å². The lowest BCUT2D eigenvalue weighted by molar-refractivity contribution is 0.249. The van der Waals surface area contributed by atoms with E-state index in [2.05, 4.69) is 8.37 Å². The monoisotopic (exact) mass is 278 g/mol. The Balaban J connectivity index is 3.29. The van der Waals surface area contributed by atoms with Crippen molar-refractivity contribution in [2.75, 3.05) is 13.2 Å². The van der Waals surface area contributed by atoms with Crippen LogP contribution in [0.5, 0.6) is 0 Å². The molecule has 0 aromatic heterocycles. The maximum atomic E-state index is 10.1. The van der Waals surface area contributed by atoms with E-state index in [-0.39, 0.29) is 13.2 Å². The molecule has 2 N–H and O–H groups in total. The number of hydrogen-bond donors (Lipinski definition) is 2. The quantitative estimate of drug-likeness (QED) is 0.452. The fourth-order valence-corrected chi connectivity index (χ4v) is 1.54. The van der Waals surface area contributed by atoms with Crippen molar-refractivity contribution in [3.05, 3.63) is 0 Å². The Hall–Kier alpha value is -0.260. The third-order valence-electron chi connectivity index (χ3n) is 1.50. The summed E-state index contributed by atoms with van der Waals surface area (Å²) in [7, 11) is -8.76. The lowest BCUT2D eigenvalue weighted by atomic mass is 10.2. The molecular weight excluding hydrogens is 264 g/mol. The summed E-state index contributed by atoms with van der Waals surface area (Å²) in [5.74, 6) is 0. The summed E-state index contributed by atoms with van der Waals surface area (Å²) in [6.45, 7) is -0.254. The largest absolute Gasteiger partial charge is 0.397 e. The highest BCUT2D eigenvalue weighted by atomic mass is 32.3. The van der Waals surface area contributed by atoms with E-state index in [1.807, 2.05) is 0 Å². The summed E-state index contributed by atoms with van der Waals surface area (Å²) in [6, 6.07) is 0. The van der Waals surface area contributed by atoms with Crippen LogP contribution in [-0.4, -0.2) is 39.2 Å². The molecule has 0 atom stereocenters. The lowest BCUT2D eigenvalue weighted by Crippen LogP contribution is -2.06. The van der Waals surface area contributed by atoms with Crippen molar-refractivity contribution in [2.24, 2.45) is 0 Å². The standard InChI is InChI=1S/C6H14O8S2/c7-15(8,9)13-5-3-1-2-4-6-14-16(10,11)12/h1-6H2,(H,7,8,9)(H,10,11,12). The van der Waals surface area contributed by atoms with E-state index in [1.165, 1.54) is 0 Å². The van der Waals surface area contributed by atoms with E-state index in [0.717, 1.165) is 0 Å². The molecular formula is C6H14O8S2. The van der Waals surface area contributed by atoms with Crippen LogP contribution in [-0.2, 0) is 29.2 Å². The Labute approximate surface area is 94.5 Å². The van der Waals surface area contributed by atoms with Crippen LogP contribution in [0.25, 0.3) is 0 Å². The van der Waals surface area contributed by atoms with Gasteiger partial charge in [-0.2, -0.15) is 16.8 Å². The zero-order valence-corrected chi connectivity index (χ0v) is 10.0. The van der Waals surface area contributed by atoms with Crippen LogP contribution in [0.2, 0.25) is 0 Å². The maximum Gasteiger partial charge on any atom is 0.397 e. The summed E-state index contributed by atoms with van der Waals surface area (Å²) in [4.78, 5) is 0. The Morgan fingerprint density at radius 3 is 1.25 bits per heavy atom. The minimum atomic E-state index is -4.38. The first-order chi connectivity index (χ1) is 7.21. The van der Waals surface area contributed by atoms with E-state index in [9.17, 15) is 16.8 Å². The van der Waals surface area contributed by atoms with Gasteiger partial charge in [0.2, 0.25) is 0 Å². The van der Waals surface area contributed by atoms with Crippen LogP contribution in [0, 0.1) is 0 Å². The first-order valence-corrected chi connectivity index (χ1v) is 7.17.